The molecule has 0 radical (unpaired) electrons. The number of fused-ring (bicyclic) bond motifs is 2. The van der Waals surface area contributed by atoms with Crippen molar-refractivity contribution in [1.82, 2.24) is 0 Å². The lowest BCUT2D eigenvalue weighted by molar-refractivity contribution is 0.282. The van der Waals surface area contributed by atoms with Crippen LogP contribution >= 0.6 is 0 Å². The van der Waals surface area contributed by atoms with Crippen LogP contribution in [0, 0.1) is 0 Å². The summed E-state index contributed by atoms with van der Waals surface area (Å²) in [4.78, 5) is 0. The van der Waals surface area contributed by atoms with Gasteiger partial charge >= 0.3 is 0 Å². The van der Waals surface area contributed by atoms with E-state index in [2.05, 4.69) is 24.3 Å². The van der Waals surface area contributed by atoms with E-state index in [9.17, 15) is 0 Å². The standard InChI is InChI=1S/C7H8O.C7H6/c8-6-7-4-2-1-3-5-7;1-2-7-4-3-6(1)5-7/h1-5,8H,6H2;1-4H,5H2. The minimum atomic E-state index is 0.140. The van der Waals surface area contributed by atoms with Crippen molar-refractivity contribution in [3.63, 3.8) is 0 Å². The van der Waals surface area contributed by atoms with E-state index in [0.717, 1.165) is 5.56 Å². The highest BCUT2D eigenvalue weighted by Gasteiger charge is 2.07. The van der Waals surface area contributed by atoms with E-state index in [1.54, 1.807) is 0 Å². The highest BCUT2D eigenvalue weighted by Crippen LogP contribution is 2.27. The third-order valence-corrected chi connectivity index (χ3v) is 2.46. The minimum Gasteiger partial charge on any atom is -0.392 e. The Bertz CT molecular complexity index is 390. The first-order valence-electron chi connectivity index (χ1n) is 5.11. The van der Waals surface area contributed by atoms with Crippen molar-refractivity contribution in [2.75, 3.05) is 0 Å². The smallest absolute Gasteiger partial charge is 0.0681 e. The molecule has 0 saturated heterocycles. The van der Waals surface area contributed by atoms with Crippen molar-refractivity contribution in [2.24, 2.45) is 0 Å². The molecular formula is C14H14O. The van der Waals surface area contributed by atoms with Crippen LogP contribution in [0.15, 0.2) is 65.8 Å². The summed E-state index contributed by atoms with van der Waals surface area (Å²) in [7, 11) is 0. The van der Waals surface area contributed by atoms with Crippen molar-refractivity contribution in [1.29, 1.82) is 0 Å². The van der Waals surface area contributed by atoms with E-state index in [4.69, 9.17) is 5.11 Å². The zero-order valence-corrected chi connectivity index (χ0v) is 8.56. The highest BCUT2D eigenvalue weighted by molar-refractivity contribution is 5.49. The van der Waals surface area contributed by atoms with Gasteiger partial charge in [-0.15, -0.1) is 0 Å². The summed E-state index contributed by atoms with van der Waals surface area (Å²) in [5.74, 6) is 0. The highest BCUT2D eigenvalue weighted by atomic mass is 16.3. The second kappa shape index (κ2) is 4.76. The molecule has 1 heteroatoms. The lowest BCUT2D eigenvalue weighted by atomic mass is 10.2. The van der Waals surface area contributed by atoms with Crippen LogP contribution in [0.5, 0.6) is 0 Å². The molecule has 76 valence electrons. The van der Waals surface area contributed by atoms with E-state index < -0.39 is 0 Å². The van der Waals surface area contributed by atoms with E-state index in [-0.39, 0.29) is 6.61 Å². The Morgan fingerprint density at radius 3 is 1.80 bits per heavy atom. The van der Waals surface area contributed by atoms with Crippen molar-refractivity contribution in [3.8, 4) is 0 Å². The largest absolute Gasteiger partial charge is 0.392 e. The van der Waals surface area contributed by atoms with Gasteiger partial charge in [-0.1, -0.05) is 54.6 Å². The number of aliphatic hydroxyl groups is 1. The molecule has 0 aromatic heterocycles. The Labute approximate surface area is 90.1 Å². The Hall–Kier alpha value is -1.60. The van der Waals surface area contributed by atoms with Gasteiger partial charge in [-0.3, -0.25) is 0 Å². The second-order valence-corrected chi connectivity index (χ2v) is 3.64. The fourth-order valence-corrected chi connectivity index (χ4v) is 1.59. The topological polar surface area (TPSA) is 20.2 Å². The maximum Gasteiger partial charge on any atom is 0.0681 e. The summed E-state index contributed by atoms with van der Waals surface area (Å²) in [6.07, 6.45) is 9.90. The molecule has 3 rings (SSSR count). The third kappa shape index (κ3) is 2.67. The van der Waals surface area contributed by atoms with E-state index in [0.29, 0.717) is 0 Å². The molecule has 0 spiro atoms. The van der Waals surface area contributed by atoms with Gasteiger partial charge in [0.05, 0.1) is 6.61 Å². The van der Waals surface area contributed by atoms with Crippen LogP contribution in [-0.2, 0) is 6.61 Å². The summed E-state index contributed by atoms with van der Waals surface area (Å²) in [5.41, 5.74) is 3.90. The molecule has 1 nitrogen and oxygen atoms in total. The van der Waals surface area contributed by atoms with Gasteiger partial charge in [0, 0.05) is 0 Å². The molecule has 2 bridgehead atoms. The van der Waals surface area contributed by atoms with Crippen LogP contribution in [0.2, 0.25) is 0 Å². The monoisotopic (exact) mass is 198 g/mol. The van der Waals surface area contributed by atoms with Crippen LogP contribution in [0.1, 0.15) is 12.0 Å². The zero-order valence-electron chi connectivity index (χ0n) is 8.56. The summed E-state index contributed by atoms with van der Waals surface area (Å²) < 4.78 is 0. The Morgan fingerprint density at radius 2 is 1.53 bits per heavy atom. The van der Waals surface area contributed by atoms with Gasteiger partial charge in [0.15, 0.2) is 0 Å². The summed E-state index contributed by atoms with van der Waals surface area (Å²) in [6.45, 7) is 0.140. The number of hydrogen-bond donors (Lipinski definition) is 1. The number of aliphatic hydroxyl groups excluding tert-OH is 1. The molecule has 2 aliphatic rings. The lowest BCUT2D eigenvalue weighted by Gasteiger charge is -1.89. The molecule has 1 N–H and O–H groups in total. The predicted molar refractivity (Wildman–Crippen MR) is 62.3 cm³/mol. The fourth-order valence-electron chi connectivity index (χ4n) is 1.59. The molecule has 0 fully saturated rings. The van der Waals surface area contributed by atoms with Crippen molar-refractivity contribution in [2.45, 2.75) is 13.0 Å². The van der Waals surface area contributed by atoms with Gasteiger partial charge in [0.2, 0.25) is 0 Å². The van der Waals surface area contributed by atoms with Crippen LogP contribution in [0.3, 0.4) is 0 Å². The second-order valence-electron chi connectivity index (χ2n) is 3.64. The molecule has 0 heterocycles. The van der Waals surface area contributed by atoms with Gasteiger partial charge in [-0.25, -0.2) is 0 Å². The SMILES string of the molecule is C1=CC2=CC=C1C2.OCc1ccccc1. The van der Waals surface area contributed by atoms with Gasteiger partial charge in [0.1, 0.15) is 0 Å². The molecule has 0 amide bonds. The van der Waals surface area contributed by atoms with Gasteiger partial charge in [-0.2, -0.15) is 0 Å². The molecule has 0 atom stereocenters. The maximum absolute atomic E-state index is 8.54. The first kappa shape index (κ1) is 9.94. The Kier molecular flexibility index (Phi) is 3.15. The van der Waals surface area contributed by atoms with Gasteiger partial charge in [-0.05, 0) is 23.1 Å². The number of rotatable bonds is 1. The molecule has 1 aromatic rings. The van der Waals surface area contributed by atoms with Crippen LogP contribution in [0.4, 0.5) is 0 Å². The predicted octanol–water partition coefficient (Wildman–Crippen LogP) is 2.99. The fraction of sp³-hybridized carbons (Fsp3) is 0.143. The summed E-state index contributed by atoms with van der Waals surface area (Å²) >= 11 is 0. The number of allylic oxidation sites excluding steroid dienone is 6. The molecule has 15 heavy (non-hydrogen) atoms. The number of benzene rings is 1. The molecule has 2 aliphatic carbocycles. The third-order valence-electron chi connectivity index (χ3n) is 2.46. The van der Waals surface area contributed by atoms with Crippen LogP contribution < -0.4 is 0 Å². The Morgan fingerprint density at radius 1 is 0.933 bits per heavy atom. The van der Waals surface area contributed by atoms with Crippen molar-refractivity contribution >= 4 is 0 Å². The number of hydrogen-bond acceptors (Lipinski definition) is 1. The van der Waals surface area contributed by atoms with E-state index in [1.807, 2.05) is 30.3 Å². The zero-order chi connectivity index (χ0) is 10.5. The first-order chi connectivity index (χ1) is 7.38. The minimum absolute atomic E-state index is 0.140. The molecular weight excluding hydrogens is 184 g/mol. The van der Waals surface area contributed by atoms with E-state index >= 15 is 0 Å². The lowest BCUT2D eigenvalue weighted by Crippen LogP contribution is -1.77. The maximum atomic E-state index is 8.54. The average molecular weight is 198 g/mol. The summed E-state index contributed by atoms with van der Waals surface area (Å²) in [5, 5.41) is 8.54. The first-order valence-corrected chi connectivity index (χ1v) is 5.11. The molecule has 0 saturated carbocycles. The Balaban J connectivity index is 0.000000114. The van der Waals surface area contributed by atoms with E-state index in [1.165, 1.54) is 17.6 Å². The van der Waals surface area contributed by atoms with Gasteiger partial charge in [0.25, 0.3) is 0 Å². The van der Waals surface area contributed by atoms with Crippen molar-refractivity contribution in [3.05, 3.63) is 71.3 Å². The normalized spacial score (nSPS) is 15.5. The van der Waals surface area contributed by atoms with Crippen LogP contribution in [0.25, 0.3) is 0 Å². The molecule has 0 aliphatic heterocycles. The molecule has 0 unspecified atom stereocenters. The van der Waals surface area contributed by atoms with Crippen molar-refractivity contribution < 1.29 is 5.11 Å². The quantitative estimate of drug-likeness (QED) is 0.735. The van der Waals surface area contributed by atoms with Gasteiger partial charge < -0.3 is 5.11 Å². The van der Waals surface area contributed by atoms with Crippen LogP contribution in [-0.4, -0.2) is 5.11 Å². The molecule has 1 aromatic carbocycles. The summed E-state index contributed by atoms with van der Waals surface area (Å²) in [6, 6.07) is 9.52. The average Bonchev–Trinajstić information content (AvgIpc) is 2.95.